The summed E-state index contributed by atoms with van der Waals surface area (Å²) in [6, 6.07) is 79.0. The highest BCUT2D eigenvalue weighted by Crippen LogP contribution is 2.46. The van der Waals surface area contributed by atoms with Gasteiger partial charge in [-0.25, -0.2) is 0 Å². The van der Waals surface area contributed by atoms with Crippen molar-refractivity contribution in [2.75, 3.05) is 4.90 Å². The van der Waals surface area contributed by atoms with E-state index in [9.17, 15) is 0 Å². The van der Waals surface area contributed by atoms with Crippen LogP contribution in [0.15, 0.2) is 238 Å². The first-order valence-electron chi connectivity index (χ1n) is 21.6. The van der Waals surface area contributed by atoms with Gasteiger partial charge in [0.05, 0.1) is 0 Å². The van der Waals surface area contributed by atoms with Crippen LogP contribution in [0.4, 0.5) is 17.1 Å². The van der Waals surface area contributed by atoms with Crippen LogP contribution in [0, 0.1) is 0 Å². The first-order chi connectivity index (χ1) is 31.7. The van der Waals surface area contributed by atoms with Crippen molar-refractivity contribution in [3.05, 3.63) is 224 Å². The van der Waals surface area contributed by atoms with Gasteiger partial charge in [0.2, 0.25) is 0 Å². The van der Waals surface area contributed by atoms with Crippen LogP contribution in [0.2, 0.25) is 0 Å². The highest BCUT2D eigenvalue weighted by molar-refractivity contribution is 6.23. The molecule has 0 N–H and O–H groups in total. The second-order valence-corrected chi connectivity index (χ2v) is 16.4. The maximum Gasteiger partial charge on any atom is 0.144 e. The van der Waals surface area contributed by atoms with E-state index in [1.54, 1.807) is 0 Å². The van der Waals surface area contributed by atoms with Crippen molar-refractivity contribution in [3.8, 4) is 44.5 Å². The van der Waals surface area contributed by atoms with Crippen LogP contribution in [-0.2, 0) is 0 Å². The van der Waals surface area contributed by atoms with Crippen LogP contribution < -0.4 is 4.90 Å². The number of hydrogen-bond acceptors (Lipinski definition) is 4. The largest absolute Gasteiger partial charge is 0.456 e. The third-order valence-electron chi connectivity index (χ3n) is 12.7. The molecule has 0 aliphatic heterocycles. The zero-order valence-corrected chi connectivity index (χ0v) is 34.5. The van der Waals surface area contributed by atoms with Crippen LogP contribution >= 0.6 is 0 Å². The van der Waals surface area contributed by atoms with E-state index in [1.165, 1.54) is 11.1 Å². The Bertz CT molecular complexity index is 3860. The predicted octanol–water partition coefficient (Wildman–Crippen LogP) is 17.5. The summed E-state index contributed by atoms with van der Waals surface area (Å²) in [6.45, 7) is 0. The van der Waals surface area contributed by atoms with E-state index in [0.29, 0.717) is 0 Å². The van der Waals surface area contributed by atoms with Crippen molar-refractivity contribution < 1.29 is 13.3 Å². The second kappa shape index (κ2) is 14.5. The lowest BCUT2D eigenvalue weighted by molar-refractivity contribution is 0.664. The number of para-hydroxylation sites is 3. The van der Waals surface area contributed by atoms with E-state index in [2.05, 4.69) is 199 Å². The molecule has 0 aliphatic carbocycles. The monoisotopic (exact) mass is 819 g/mol. The number of benzene rings is 10. The van der Waals surface area contributed by atoms with E-state index in [4.69, 9.17) is 13.3 Å². The number of hydrogen-bond donors (Lipinski definition) is 0. The molecule has 13 rings (SSSR count). The zero-order valence-electron chi connectivity index (χ0n) is 34.5. The third kappa shape index (κ3) is 5.84. The van der Waals surface area contributed by atoms with Crippen LogP contribution in [0.1, 0.15) is 0 Å². The first kappa shape index (κ1) is 36.1. The van der Waals surface area contributed by atoms with Crippen molar-refractivity contribution >= 4 is 82.9 Å². The predicted molar refractivity (Wildman–Crippen MR) is 265 cm³/mol. The van der Waals surface area contributed by atoms with Crippen LogP contribution in [0.5, 0.6) is 0 Å². The van der Waals surface area contributed by atoms with E-state index in [-0.39, 0.29) is 0 Å². The van der Waals surface area contributed by atoms with Crippen LogP contribution in [0.25, 0.3) is 110 Å². The zero-order chi connectivity index (χ0) is 42.1. The van der Waals surface area contributed by atoms with E-state index in [0.717, 1.165) is 116 Å². The Morgan fingerprint density at radius 1 is 0.266 bits per heavy atom. The van der Waals surface area contributed by atoms with Gasteiger partial charge in [-0.15, -0.1) is 0 Å². The second-order valence-electron chi connectivity index (χ2n) is 16.4. The summed E-state index contributed by atoms with van der Waals surface area (Å²) in [6.07, 6.45) is 0. The molecule has 64 heavy (non-hydrogen) atoms. The molecule has 0 unspecified atom stereocenters. The number of rotatable bonds is 7. The topological polar surface area (TPSA) is 42.7 Å². The summed E-state index contributed by atoms with van der Waals surface area (Å²) in [5, 5.41) is 6.50. The fourth-order valence-corrected chi connectivity index (χ4v) is 9.62. The number of furan rings is 3. The van der Waals surface area contributed by atoms with Gasteiger partial charge in [-0.1, -0.05) is 158 Å². The molecular formula is C60H37NO3. The molecule has 0 radical (unpaired) electrons. The van der Waals surface area contributed by atoms with Crippen molar-refractivity contribution in [1.29, 1.82) is 0 Å². The summed E-state index contributed by atoms with van der Waals surface area (Å²) >= 11 is 0. The van der Waals surface area contributed by atoms with Crippen molar-refractivity contribution in [2.45, 2.75) is 0 Å². The van der Waals surface area contributed by atoms with Gasteiger partial charge in [0.15, 0.2) is 0 Å². The molecule has 13 aromatic rings. The Balaban J connectivity index is 0.891. The molecule has 0 saturated carbocycles. The maximum atomic E-state index is 6.87. The molecular weight excluding hydrogens is 783 g/mol. The van der Waals surface area contributed by atoms with Gasteiger partial charge in [0.1, 0.15) is 33.5 Å². The molecule has 0 saturated heterocycles. The Morgan fingerprint density at radius 2 is 0.766 bits per heavy atom. The molecule has 3 aromatic heterocycles. The van der Waals surface area contributed by atoms with Gasteiger partial charge < -0.3 is 18.2 Å². The molecule has 0 amide bonds. The Labute approximate surface area is 368 Å². The smallest absolute Gasteiger partial charge is 0.144 e. The Hall–Kier alpha value is -8.60. The maximum absolute atomic E-state index is 6.87. The molecule has 10 aromatic carbocycles. The minimum absolute atomic E-state index is 0.837. The van der Waals surface area contributed by atoms with E-state index < -0.39 is 0 Å². The van der Waals surface area contributed by atoms with Crippen LogP contribution in [-0.4, -0.2) is 0 Å². The van der Waals surface area contributed by atoms with E-state index in [1.807, 2.05) is 30.3 Å². The minimum Gasteiger partial charge on any atom is -0.456 e. The number of fused-ring (bicyclic) bond motifs is 9. The van der Waals surface area contributed by atoms with Crippen molar-refractivity contribution in [1.82, 2.24) is 0 Å². The molecule has 0 atom stereocenters. The molecule has 4 nitrogen and oxygen atoms in total. The third-order valence-corrected chi connectivity index (χ3v) is 12.7. The molecule has 0 fully saturated rings. The van der Waals surface area contributed by atoms with Gasteiger partial charge in [-0.2, -0.15) is 0 Å². The van der Waals surface area contributed by atoms with E-state index >= 15 is 0 Å². The molecule has 300 valence electrons. The first-order valence-corrected chi connectivity index (χ1v) is 21.6. The lowest BCUT2D eigenvalue weighted by Gasteiger charge is -2.26. The van der Waals surface area contributed by atoms with Gasteiger partial charge in [0, 0.05) is 60.5 Å². The van der Waals surface area contributed by atoms with Crippen molar-refractivity contribution in [2.24, 2.45) is 0 Å². The van der Waals surface area contributed by atoms with Gasteiger partial charge >= 0.3 is 0 Å². The fourth-order valence-electron chi connectivity index (χ4n) is 9.62. The SMILES string of the molecule is c1ccc(-c2ccc(N(c3ccc(-c4ccc5c(c4)oc4c(-c6ccccc6)c6c(cc45)oc4ccccc46)cc3)c3ccc(-c4cccc5c4oc4ccccc45)cc3)cc2)cc1. The van der Waals surface area contributed by atoms with Gasteiger partial charge in [0.25, 0.3) is 0 Å². The van der Waals surface area contributed by atoms with Crippen LogP contribution in [0.3, 0.4) is 0 Å². The molecule has 0 bridgehead atoms. The average molecular weight is 820 g/mol. The highest BCUT2D eigenvalue weighted by atomic mass is 16.3. The van der Waals surface area contributed by atoms with Gasteiger partial charge in [-0.05, 0) is 100 Å². The Morgan fingerprint density at radius 3 is 1.45 bits per heavy atom. The summed E-state index contributed by atoms with van der Waals surface area (Å²) in [5.41, 5.74) is 17.3. The fraction of sp³-hybridized carbons (Fsp3) is 0. The normalized spacial score (nSPS) is 11.8. The summed E-state index contributed by atoms with van der Waals surface area (Å²) in [5.74, 6) is 0. The number of anilines is 3. The quantitative estimate of drug-likeness (QED) is 0.161. The molecule has 3 heterocycles. The standard InChI is InChI=1S/C60H37NO3/c1-3-12-38(13-4-1)39-22-29-44(30-23-39)61(46-33-26-41(27-34-46)47-18-11-19-50-48-16-7-9-20-53(48)63-59(47)50)45-31-24-40(25-32-45)43-28-35-49-52-37-56-58(51-17-8-10-21-54(51)62-56)57(42-14-5-2-6-15-42)60(52)64-55(49)36-43/h1-37H. The highest BCUT2D eigenvalue weighted by Gasteiger charge is 2.22. The Kier molecular flexibility index (Phi) is 8.18. The summed E-state index contributed by atoms with van der Waals surface area (Å²) < 4.78 is 19.7. The molecule has 4 heteroatoms. The molecule has 0 aliphatic rings. The lowest BCUT2D eigenvalue weighted by Crippen LogP contribution is -2.09. The van der Waals surface area contributed by atoms with Gasteiger partial charge in [-0.3, -0.25) is 0 Å². The molecule has 0 spiro atoms. The summed E-state index contributed by atoms with van der Waals surface area (Å²) in [4.78, 5) is 2.32. The minimum atomic E-state index is 0.837. The summed E-state index contributed by atoms with van der Waals surface area (Å²) in [7, 11) is 0. The lowest BCUT2D eigenvalue weighted by atomic mass is 9.96. The number of nitrogens with zero attached hydrogens (tertiary/aromatic N) is 1. The average Bonchev–Trinajstić information content (AvgIpc) is 4.05. The van der Waals surface area contributed by atoms with Crippen molar-refractivity contribution in [3.63, 3.8) is 0 Å².